The Balaban J connectivity index is 1.35. The van der Waals surface area contributed by atoms with Gasteiger partial charge < -0.3 is 14.6 Å². The second kappa shape index (κ2) is 6.17. The van der Waals surface area contributed by atoms with Crippen LogP contribution in [0.15, 0.2) is 12.1 Å². The van der Waals surface area contributed by atoms with Gasteiger partial charge in [-0.25, -0.2) is 4.98 Å². The Morgan fingerprint density at radius 3 is 3.03 bits per heavy atom. The minimum absolute atomic E-state index is 0.0523. The number of carbonyl (C=O) groups is 1. The highest BCUT2D eigenvalue weighted by Crippen LogP contribution is 2.59. The number of amides is 1. The van der Waals surface area contributed by atoms with Gasteiger partial charge in [0.25, 0.3) is 0 Å². The number of benzene rings is 1. The summed E-state index contributed by atoms with van der Waals surface area (Å²) in [7, 11) is 1.85. The van der Waals surface area contributed by atoms with Crippen molar-refractivity contribution in [1.29, 1.82) is 0 Å². The van der Waals surface area contributed by atoms with Crippen molar-refractivity contribution in [3.8, 4) is 11.5 Å². The zero-order chi connectivity index (χ0) is 20.6. The predicted molar refractivity (Wildman–Crippen MR) is 114 cm³/mol. The van der Waals surface area contributed by atoms with E-state index in [-0.39, 0.29) is 11.8 Å². The lowest BCUT2D eigenvalue weighted by Crippen LogP contribution is -2.33. The highest BCUT2D eigenvalue weighted by atomic mass is 16.5. The second-order valence-electron chi connectivity index (χ2n) is 9.66. The molecule has 1 saturated carbocycles. The van der Waals surface area contributed by atoms with E-state index in [9.17, 15) is 4.79 Å². The van der Waals surface area contributed by atoms with Gasteiger partial charge in [-0.3, -0.25) is 9.89 Å². The van der Waals surface area contributed by atoms with Crippen molar-refractivity contribution in [3.05, 3.63) is 29.0 Å². The molecule has 1 aliphatic heterocycles. The minimum atomic E-state index is -0.0523. The maximum atomic E-state index is 12.9. The summed E-state index contributed by atoms with van der Waals surface area (Å²) in [5, 5.41) is 7.88. The summed E-state index contributed by atoms with van der Waals surface area (Å²) >= 11 is 0. The van der Waals surface area contributed by atoms with Crippen LogP contribution in [0.2, 0.25) is 0 Å². The van der Waals surface area contributed by atoms with Crippen molar-refractivity contribution in [3.63, 3.8) is 0 Å². The monoisotopic (exact) mass is 405 g/mol. The molecule has 1 amide bonds. The van der Waals surface area contributed by atoms with Gasteiger partial charge in [0.1, 0.15) is 5.69 Å². The van der Waals surface area contributed by atoms with Crippen molar-refractivity contribution < 1.29 is 9.53 Å². The molecule has 156 valence electrons. The Bertz CT molecular complexity index is 1170. The van der Waals surface area contributed by atoms with Crippen LogP contribution in [0, 0.1) is 24.2 Å². The van der Waals surface area contributed by atoms with Gasteiger partial charge >= 0.3 is 0 Å². The first-order valence-electron chi connectivity index (χ1n) is 10.8. The molecule has 2 fully saturated rings. The maximum absolute atomic E-state index is 12.9. The lowest BCUT2D eigenvalue weighted by molar-refractivity contribution is -0.122. The summed E-state index contributed by atoms with van der Waals surface area (Å²) in [6.07, 6.45) is 4.27. The SMILES string of the molecule is Cc1cc2[nH]c(-c3n[nH]c4c3C[C@@H]3C[C@]3(C)C4)nc2cc1N(C)C(=O)C1CCOC1. The number of aromatic nitrogens is 4. The van der Waals surface area contributed by atoms with E-state index < -0.39 is 0 Å². The Hall–Kier alpha value is -2.67. The molecule has 3 atom stereocenters. The van der Waals surface area contributed by atoms with Gasteiger partial charge in [-0.05, 0) is 61.6 Å². The van der Waals surface area contributed by atoms with E-state index >= 15 is 0 Å². The Morgan fingerprint density at radius 1 is 1.37 bits per heavy atom. The van der Waals surface area contributed by atoms with Gasteiger partial charge in [0.2, 0.25) is 5.91 Å². The largest absolute Gasteiger partial charge is 0.381 e. The summed E-state index contributed by atoms with van der Waals surface area (Å²) < 4.78 is 5.40. The number of hydrogen-bond donors (Lipinski definition) is 2. The smallest absolute Gasteiger partial charge is 0.232 e. The molecule has 2 N–H and O–H groups in total. The minimum Gasteiger partial charge on any atom is -0.381 e. The number of nitrogens with one attached hydrogen (secondary N) is 2. The summed E-state index contributed by atoms with van der Waals surface area (Å²) in [6, 6.07) is 4.09. The van der Waals surface area contributed by atoms with Gasteiger partial charge in [-0.1, -0.05) is 6.92 Å². The Kier molecular flexibility index (Phi) is 3.73. The molecule has 7 heteroatoms. The molecule has 2 aromatic heterocycles. The van der Waals surface area contributed by atoms with E-state index in [2.05, 4.69) is 28.2 Å². The molecule has 1 aromatic carbocycles. The van der Waals surface area contributed by atoms with E-state index in [1.165, 1.54) is 17.7 Å². The number of carbonyl (C=O) groups excluding carboxylic acids is 1. The lowest BCUT2D eigenvalue weighted by Gasteiger charge is -2.22. The zero-order valence-electron chi connectivity index (χ0n) is 17.7. The van der Waals surface area contributed by atoms with Crippen molar-refractivity contribution in [2.75, 3.05) is 25.2 Å². The molecule has 1 unspecified atom stereocenters. The van der Waals surface area contributed by atoms with E-state index in [0.29, 0.717) is 18.6 Å². The molecule has 2 aliphatic carbocycles. The molecule has 0 radical (unpaired) electrons. The fourth-order valence-corrected chi connectivity index (χ4v) is 5.40. The third-order valence-electron chi connectivity index (χ3n) is 7.52. The Morgan fingerprint density at radius 2 is 2.23 bits per heavy atom. The molecular weight excluding hydrogens is 378 g/mol. The van der Waals surface area contributed by atoms with E-state index in [1.807, 2.05) is 20.0 Å². The standard InChI is InChI=1S/C23H27N5O2/c1-12-6-16-17(8-19(12)28(3)22(29)13-4-5-30-11-13)25-21(24-16)20-15-7-14-9-23(14,2)10-18(15)26-27-20/h6,8,13-14H,4-5,7,9-11H2,1-3H3,(H,24,25)(H,26,27)/t13?,14-,23-/m1/s1. The van der Waals surface area contributed by atoms with Crippen molar-refractivity contribution >= 4 is 22.6 Å². The summed E-state index contributed by atoms with van der Waals surface area (Å²) in [5.74, 6) is 1.64. The average molecular weight is 406 g/mol. The second-order valence-corrected chi connectivity index (χ2v) is 9.66. The predicted octanol–water partition coefficient (Wildman–Crippen LogP) is 3.39. The third-order valence-corrected chi connectivity index (χ3v) is 7.52. The first-order valence-corrected chi connectivity index (χ1v) is 10.8. The topological polar surface area (TPSA) is 86.9 Å². The van der Waals surface area contributed by atoms with Crippen LogP contribution in [0.5, 0.6) is 0 Å². The van der Waals surface area contributed by atoms with Crippen LogP contribution >= 0.6 is 0 Å². The van der Waals surface area contributed by atoms with E-state index in [4.69, 9.17) is 9.72 Å². The number of imidazole rings is 1. The van der Waals surface area contributed by atoms with Crippen LogP contribution < -0.4 is 4.90 Å². The Labute approximate surface area is 175 Å². The first kappa shape index (κ1) is 18.1. The van der Waals surface area contributed by atoms with Crippen LogP contribution in [0.1, 0.15) is 36.6 Å². The van der Waals surface area contributed by atoms with Gasteiger partial charge in [0, 0.05) is 30.6 Å². The molecule has 6 rings (SSSR count). The zero-order valence-corrected chi connectivity index (χ0v) is 17.7. The summed E-state index contributed by atoms with van der Waals surface area (Å²) in [6.45, 7) is 5.59. The van der Waals surface area contributed by atoms with Crippen molar-refractivity contribution in [1.82, 2.24) is 20.2 Å². The highest BCUT2D eigenvalue weighted by Gasteiger charge is 2.53. The van der Waals surface area contributed by atoms with Gasteiger partial charge in [0.15, 0.2) is 5.82 Å². The number of rotatable bonds is 3. The molecule has 0 spiro atoms. The fourth-order valence-electron chi connectivity index (χ4n) is 5.40. The third kappa shape index (κ3) is 2.64. The molecular formula is C23H27N5O2. The van der Waals surface area contributed by atoms with Crippen LogP contribution in [0.4, 0.5) is 5.69 Å². The average Bonchev–Trinajstić information content (AvgIpc) is 3.18. The normalized spacial score (nSPS) is 27.2. The number of aromatic amines is 2. The van der Waals surface area contributed by atoms with E-state index in [1.54, 1.807) is 4.90 Å². The quantitative estimate of drug-likeness (QED) is 0.699. The number of fused-ring (bicyclic) bond motifs is 3. The van der Waals surface area contributed by atoms with Gasteiger partial charge in [-0.15, -0.1) is 0 Å². The molecule has 0 bridgehead atoms. The molecule has 3 aliphatic rings. The van der Waals surface area contributed by atoms with Crippen LogP contribution in [-0.2, 0) is 22.4 Å². The summed E-state index contributed by atoms with van der Waals surface area (Å²) in [4.78, 5) is 22.9. The highest BCUT2D eigenvalue weighted by molar-refractivity contribution is 5.97. The number of ether oxygens (including phenoxy) is 1. The first-order chi connectivity index (χ1) is 14.4. The molecule has 3 aromatic rings. The van der Waals surface area contributed by atoms with Crippen molar-refractivity contribution in [2.45, 2.75) is 39.5 Å². The van der Waals surface area contributed by atoms with Crippen LogP contribution in [0.3, 0.4) is 0 Å². The number of anilines is 1. The van der Waals surface area contributed by atoms with Crippen molar-refractivity contribution in [2.24, 2.45) is 17.3 Å². The number of nitrogens with zero attached hydrogens (tertiary/aromatic N) is 3. The van der Waals surface area contributed by atoms with Crippen LogP contribution in [-0.4, -0.2) is 46.3 Å². The number of hydrogen-bond acceptors (Lipinski definition) is 4. The summed E-state index contributed by atoms with van der Waals surface area (Å²) in [5.41, 5.74) is 7.78. The van der Waals surface area contributed by atoms with Crippen LogP contribution in [0.25, 0.3) is 22.6 Å². The maximum Gasteiger partial charge on any atom is 0.232 e. The molecule has 30 heavy (non-hydrogen) atoms. The van der Waals surface area contributed by atoms with Gasteiger partial charge in [-0.2, -0.15) is 5.10 Å². The molecule has 3 heterocycles. The molecule has 7 nitrogen and oxygen atoms in total. The number of H-pyrrole nitrogens is 2. The molecule has 1 saturated heterocycles. The fraction of sp³-hybridized carbons (Fsp3) is 0.522. The van der Waals surface area contributed by atoms with E-state index in [0.717, 1.165) is 59.0 Å². The van der Waals surface area contributed by atoms with Gasteiger partial charge in [0.05, 0.1) is 23.6 Å². The number of aryl methyl sites for hydroxylation is 1. The lowest BCUT2D eigenvalue weighted by atomic mass is 9.88.